The Morgan fingerprint density at radius 3 is 2.79 bits per heavy atom. The Morgan fingerprint density at radius 1 is 1.32 bits per heavy atom. The van der Waals surface area contributed by atoms with E-state index in [9.17, 15) is 0 Å². The number of guanidine groups is 1. The maximum Gasteiger partial charge on any atom is 0.190 e. The van der Waals surface area contributed by atoms with E-state index in [1.165, 1.54) is 43.6 Å². The number of aliphatic imine (C=N–C) groups is 1. The van der Waals surface area contributed by atoms with E-state index in [4.69, 9.17) is 4.74 Å². The smallest absolute Gasteiger partial charge is 0.190 e. The number of rotatable bonds is 8. The summed E-state index contributed by atoms with van der Waals surface area (Å²) in [6.07, 6.45) is 3.56. The molecule has 28 heavy (non-hydrogen) atoms. The Labute approximate surface area is 188 Å². The average Bonchev–Trinajstić information content (AvgIpc) is 2.65. The van der Waals surface area contributed by atoms with Crippen LogP contribution >= 0.6 is 24.0 Å². The molecule has 2 N–H and O–H groups in total. The van der Waals surface area contributed by atoms with Crippen molar-refractivity contribution in [2.75, 3.05) is 46.9 Å². The SMILES string of the molecule is CN=C(NCCc1ccc(C)c(OC)c1)NCC1CCCN(CC(C)C)C1.I. The molecular formula is C22H39IN4O. The molecule has 1 atom stereocenters. The van der Waals surface area contributed by atoms with E-state index in [1.807, 2.05) is 7.05 Å². The number of hydrogen-bond acceptors (Lipinski definition) is 3. The van der Waals surface area contributed by atoms with Gasteiger partial charge in [-0.25, -0.2) is 0 Å². The van der Waals surface area contributed by atoms with Crippen molar-refractivity contribution in [3.63, 3.8) is 0 Å². The van der Waals surface area contributed by atoms with Crippen LogP contribution in [-0.4, -0.2) is 57.7 Å². The van der Waals surface area contributed by atoms with Crippen molar-refractivity contribution >= 4 is 29.9 Å². The third kappa shape index (κ3) is 8.55. The molecule has 0 radical (unpaired) electrons. The summed E-state index contributed by atoms with van der Waals surface area (Å²) in [5.74, 6) is 3.30. The van der Waals surface area contributed by atoms with Crippen LogP contribution in [0.2, 0.25) is 0 Å². The fraction of sp³-hybridized carbons (Fsp3) is 0.682. The quantitative estimate of drug-likeness (QED) is 0.324. The number of benzene rings is 1. The number of hydrogen-bond donors (Lipinski definition) is 2. The van der Waals surface area contributed by atoms with Crippen LogP contribution < -0.4 is 15.4 Å². The lowest BCUT2D eigenvalue weighted by atomic mass is 9.97. The minimum Gasteiger partial charge on any atom is -0.496 e. The molecule has 0 saturated carbocycles. The normalized spacial score (nSPS) is 17.9. The van der Waals surface area contributed by atoms with Gasteiger partial charge in [-0.05, 0) is 61.8 Å². The largest absolute Gasteiger partial charge is 0.496 e. The van der Waals surface area contributed by atoms with E-state index in [-0.39, 0.29) is 24.0 Å². The molecule has 0 bridgehead atoms. The minimum atomic E-state index is 0. The molecule has 1 aromatic carbocycles. The zero-order valence-electron chi connectivity index (χ0n) is 18.3. The summed E-state index contributed by atoms with van der Waals surface area (Å²) in [6.45, 7) is 12.2. The third-order valence-electron chi connectivity index (χ3n) is 5.19. The molecule has 0 spiro atoms. The lowest BCUT2D eigenvalue weighted by molar-refractivity contribution is 0.159. The zero-order valence-corrected chi connectivity index (χ0v) is 20.6. The van der Waals surface area contributed by atoms with Gasteiger partial charge in [-0.2, -0.15) is 0 Å². The molecule has 5 nitrogen and oxygen atoms in total. The second-order valence-electron chi connectivity index (χ2n) is 8.10. The molecule has 6 heteroatoms. The van der Waals surface area contributed by atoms with Crippen molar-refractivity contribution in [1.29, 1.82) is 0 Å². The van der Waals surface area contributed by atoms with Crippen molar-refractivity contribution in [2.24, 2.45) is 16.8 Å². The van der Waals surface area contributed by atoms with Crippen molar-refractivity contribution < 1.29 is 4.74 Å². The first kappa shape index (κ1) is 25.0. The lowest BCUT2D eigenvalue weighted by Gasteiger charge is -2.34. The highest BCUT2D eigenvalue weighted by molar-refractivity contribution is 14.0. The van der Waals surface area contributed by atoms with Crippen molar-refractivity contribution in [3.05, 3.63) is 29.3 Å². The molecule has 1 heterocycles. The number of ether oxygens (including phenoxy) is 1. The average molecular weight is 502 g/mol. The molecule has 2 rings (SSSR count). The standard InChI is InChI=1S/C22H38N4O.HI/c1-17(2)15-26-12-6-7-20(16-26)14-25-22(23-4)24-11-10-19-9-8-18(3)21(13-19)27-5;/h8-9,13,17,20H,6-7,10-12,14-16H2,1-5H3,(H2,23,24,25);1H. The Kier molecular flexibility index (Phi) is 11.8. The van der Waals surface area contributed by atoms with E-state index < -0.39 is 0 Å². The number of nitrogens with zero attached hydrogens (tertiary/aromatic N) is 2. The van der Waals surface area contributed by atoms with Crippen LogP contribution in [0.1, 0.15) is 37.8 Å². The van der Waals surface area contributed by atoms with Crippen molar-refractivity contribution in [2.45, 2.75) is 40.0 Å². The summed E-state index contributed by atoms with van der Waals surface area (Å²) in [7, 11) is 3.57. The van der Waals surface area contributed by atoms with E-state index in [2.05, 4.69) is 59.5 Å². The van der Waals surface area contributed by atoms with Gasteiger partial charge in [0.15, 0.2) is 5.96 Å². The number of piperidine rings is 1. The molecule has 1 aliphatic heterocycles. The number of likely N-dealkylation sites (tertiary alicyclic amines) is 1. The predicted molar refractivity (Wildman–Crippen MR) is 130 cm³/mol. The summed E-state index contributed by atoms with van der Waals surface area (Å²) < 4.78 is 5.41. The van der Waals surface area contributed by atoms with Gasteiger partial charge in [-0.1, -0.05) is 26.0 Å². The monoisotopic (exact) mass is 502 g/mol. The highest BCUT2D eigenvalue weighted by atomic mass is 127. The van der Waals surface area contributed by atoms with Gasteiger partial charge in [0.25, 0.3) is 0 Å². The molecule has 1 saturated heterocycles. The van der Waals surface area contributed by atoms with Crippen LogP contribution in [-0.2, 0) is 6.42 Å². The van der Waals surface area contributed by atoms with Gasteiger partial charge >= 0.3 is 0 Å². The van der Waals surface area contributed by atoms with Crippen LogP contribution in [0.5, 0.6) is 5.75 Å². The van der Waals surface area contributed by atoms with Gasteiger partial charge in [0.2, 0.25) is 0 Å². The maximum absolute atomic E-state index is 5.41. The molecule has 1 unspecified atom stereocenters. The fourth-order valence-corrected chi connectivity index (χ4v) is 3.81. The second-order valence-corrected chi connectivity index (χ2v) is 8.10. The summed E-state index contributed by atoms with van der Waals surface area (Å²) in [4.78, 5) is 6.99. The van der Waals surface area contributed by atoms with Crippen LogP contribution in [0.4, 0.5) is 0 Å². The van der Waals surface area contributed by atoms with E-state index in [0.717, 1.165) is 37.1 Å². The number of nitrogens with one attached hydrogen (secondary N) is 2. The van der Waals surface area contributed by atoms with Crippen LogP contribution in [0.3, 0.4) is 0 Å². The zero-order chi connectivity index (χ0) is 19.6. The topological polar surface area (TPSA) is 48.9 Å². The second kappa shape index (κ2) is 13.2. The van der Waals surface area contributed by atoms with Crippen LogP contribution in [0, 0.1) is 18.8 Å². The fourth-order valence-electron chi connectivity index (χ4n) is 3.81. The molecule has 0 aliphatic carbocycles. The first-order valence-electron chi connectivity index (χ1n) is 10.3. The highest BCUT2D eigenvalue weighted by Crippen LogP contribution is 2.19. The van der Waals surface area contributed by atoms with Crippen LogP contribution in [0.25, 0.3) is 0 Å². The van der Waals surface area contributed by atoms with Crippen molar-refractivity contribution in [3.8, 4) is 5.75 Å². The molecule has 1 aliphatic rings. The van der Waals surface area contributed by atoms with Gasteiger partial charge in [-0.15, -0.1) is 24.0 Å². The Bertz CT molecular complexity index is 606. The number of methoxy groups -OCH3 is 1. The summed E-state index contributed by atoms with van der Waals surface area (Å²) in [5, 5.41) is 6.96. The molecular weight excluding hydrogens is 463 g/mol. The van der Waals surface area contributed by atoms with Gasteiger partial charge in [0, 0.05) is 33.2 Å². The third-order valence-corrected chi connectivity index (χ3v) is 5.19. The minimum absolute atomic E-state index is 0. The predicted octanol–water partition coefficient (Wildman–Crippen LogP) is 3.70. The lowest BCUT2D eigenvalue weighted by Crippen LogP contribution is -2.45. The Morgan fingerprint density at radius 2 is 2.11 bits per heavy atom. The summed E-state index contributed by atoms with van der Waals surface area (Å²) >= 11 is 0. The van der Waals surface area contributed by atoms with E-state index in [0.29, 0.717) is 5.92 Å². The molecule has 1 fully saturated rings. The Balaban J connectivity index is 0.00000392. The first-order chi connectivity index (χ1) is 13.0. The molecule has 0 aromatic heterocycles. The van der Waals surface area contributed by atoms with Crippen molar-refractivity contribution in [1.82, 2.24) is 15.5 Å². The Hall–Kier alpha value is -1.02. The van der Waals surface area contributed by atoms with E-state index in [1.54, 1.807) is 7.11 Å². The summed E-state index contributed by atoms with van der Waals surface area (Å²) in [5.41, 5.74) is 2.45. The van der Waals surface area contributed by atoms with Gasteiger partial charge in [0.1, 0.15) is 5.75 Å². The van der Waals surface area contributed by atoms with Crippen LogP contribution in [0.15, 0.2) is 23.2 Å². The highest BCUT2D eigenvalue weighted by Gasteiger charge is 2.20. The van der Waals surface area contributed by atoms with Gasteiger partial charge in [-0.3, -0.25) is 4.99 Å². The van der Waals surface area contributed by atoms with Gasteiger partial charge in [0.05, 0.1) is 7.11 Å². The van der Waals surface area contributed by atoms with E-state index >= 15 is 0 Å². The number of aryl methyl sites for hydroxylation is 1. The molecule has 1 aromatic rings. The van der Waals surface area contributed by atoms with Gasteiger partial charge < -0.3 is 20.3 Å². The maximum atomic E-state index is 5.41. The molecule has 160 valence electrons. The first-order valence-corrected chi connectivity index (χ1v) is 10.3. The molecule has 0 amide bonds. The number of halogens is 1. The summed E-state index contributed by atoms with van der Waals surface area (Å²) in [6, 6.07) is 6.41.